The van der Waals surface area contributed by atoms with E-state index in [1.165, 1.54) is 11.9 Å². The minimum absolute atomic E-state index is 0.169. The first-order valence-electron chi connectivity index (χ1n) is 8.39. The second kappa shape index (κ2) is 6.97. The topological polar surface area (TPSA) is 81.9 Å². The van der Waals surface area contributed by atoms with Gasteiger partial charge >= 0.3 is 0 Å². The van der Waals surface area contributed by atoms with E-state index >= 15 is 0 Å². The van der Waals surface area contributed by atoms with Gasteiger partial charge in [0, 0.05) is 12.6 Å². The Hall–Kier alpha value is -3.19. The Morgan fingerprint density at radius 3 is 2.73 bits per heavy atom. The van der Waals surface area contributed by atoms with E-state index in [0.29, 0.717) is 18.2 Å². The standard InChI is InChI=1S/C19H19N5O2/c1-13(15-5-7-16(8-6-15)24-12-20-11-22-24)21-10-17-14(2)26-19(23-17)18-4-3-9-25-18/h3-9,11-13,21H,10H2,1-2H3. The summed E-state index contributed by atoms with van der Waals surface area (Å²) in [6, 6.07) is 12.0. The SMILES string of the molecule is Cc1oc(-c2ccco2)nc1CNC(C)c1ccc(-n2cncn2)cc1. The Bertz CT molecular complexity index is 956. The highest BCUT2D eigenvalue weighted by Crippen LogP contribution is 2.22. The first-order chi connectivity index (χ1) is 12.7. The van der Waals surface area contributed by atoms with E-state index < -0.39 is 0 Å². The van der Waals surface area contributed by atoms with E-state index in [0.717, 1.165) is 17.1 Å². The van der Waals surface area contributed by atoms with Gasteiger partial charge in [0.15, 0.2) is 5.76 Å². The van der Waals surface area contributed by atoms with Crippen LogP contribution in [0.4, 0.5) is 0 Å². The van der Waals surface area contributed by atoms with Crippen molar-refractivity contribution in [3.63, 3.8) is 0 Å². The summed E-state index contributed by atoms with van der Waals surface area (Å²) < 4.78 is 12.8. The van der Waals surface area contributed by atoms with Crippen LogP contribution in [-0.4, -0.2) is 19.7 Å². The van der Waals surface area contributed by atoms with E-state index in [1.54, 1.807) is 17.3 Å². The Morgan fingerprint density at radius 1 is 1.19 bits per heavy atom. The van der Waals surface area contributed by atoms with Crippen molar-refractivity contribution in [2.45, 2.75) is 26.4 Å². The number of aromatic nitrogens is 4. The van der Waals surface area contributed by atoms with E-state index in [1.807, 2.05) is 31.2 Å². The van der Waals surface area contributed by atoms with Crippen molar-refractivity contribution in [3.8, 4) is 17.3 Å². The molecule has 0 saturated carbocycles. The molecule has 7 nitrogen and oxygen atoms in total. The van der Waals surface area contributed by atoms with Crippen LogP contribution in [-0.2, 0) is 6.54 Å². The maximum Gasteiger partial charge on any atom is 0.263 e. The normalized spacial score (nSPS) is 12.4. The van der Waals surface area contributed by atoms with Gasteiger partial charge in [-0.05, 0) is 43.7 Å². The molecule has 132 valence electrons. The van der Waals surface area contributed by atoms with Crippen LogP contribution in [0.2, 0.25) is 0 Å². The fourth-order valence-corrected chi connectivity index (χ4v) is 2.72. The number of hydrogen-bond donors (Lipinski definition) is 1. The van der Waals surface area contributed by atoms with Crippen molar-refractivity contribution in [1.82, 2.24) is 25.1 Å². The molecule has 0 spiro atoms. The smallest absolute Gasteiger partial charge is 0.263 e. The molecular weight excluding hydrogens is 330 g/mol. The Balaban J connectivity index is 1.42. The van der Waals surface area contributed by atoms with Crippen LogP contribution in [0.5, 0.6) is 0 Å². The molecule has 1 aromatic carbocycles. The summed E-state index contributed by atoms with van der Waals surface area (Å²) in [5, 5.41) is 7.61. The second-order valence-electron chi connectivity index (χ2n) is 6.03. The summed E-state index contributed by atoms with van der Waals surface area (Å²) >= 11 is 0. The molecule has 0 bridgehead atoms. The van der Waals surface area contributed by atoms with E-state index in [9.17, 15) is 0 Å². The van der Waals surface area contributed by atoms with E-state index in [-0.39, 0.29) is 6.04 Å². The predicted octanol–water partition coefficient (Wildman–Crippen LogP) is 3.67. The lowest BCUT2D eigenvalue weighted by Crippen LogP contribution is -2.18. The lowest BCUT2D eigenvalue weighted by atomic mass is 10.1. The molecule has 0 fully saturated rings. The number of benzene rings is 1. The van der Waals surface area contributed by atoms with Crippen LogP contribution in [0.15, 0.2) is 64.2 Å². The average molecular weight is 349 g/mol. The number of oxazole rings is 1. The summed E-state index contributed by atoms with van der Waals surface area (Å²) in [4.78, 5) is 8.49. The van der Waals surface area contributed by atoms with Crippen molar-refractivity contribution in [3.05, 3.63) is 72.3 Å². The summed E-state index contributed by atoms with van der Waals surface area (Å²) in [7, 11) is 0. The van der Waals surface area contributed by atoms with Crippen molar-refractivity contribution in [2.75, 3.05) is 0 Å². The van der Waals surface area contributed by atoms with Crippen molar-refractivity contribution in [1.29, 1.82) is 0 Å². The van der Waals surface area contributed by atoms with Crippen LogP contribution in [0.3, 0.4) is 0 Å². The Kier molecular flexibility index (Phi) is 4.37. The molecule has 26 heavy (non-hydrogen) atoms. The van der Waals surface area contributed by atoms with Gasteiger partial charge in [0.25, 0.3) is 5.89 Å². The van der Waals surface area contributed by atoms with Crippen molar-refractivity contribution < 1.29 is 8.83 Å². The highest BCUT2D eigenvalue weighted by molar-refractivity contribution is 5.44. The molecule has 7 heteroatoms. The van der Waals surface area contributed by atoms with Crippen LogP contribution < -0.4 is 5.32 Å². The molecule has 0 amide bonds. The second-order valence-corrected chi connectivity index (χ2v) is 6.03. The molecule has 3 aromatic heterocycles. The molecule has 1 unspecified atom stereocenters. The fraction of sp³-hybridized carbons (Fsp3) is 0.211. The minimum Gasteiger partial charge on any atom is -0.459 e. The third-order valence-corrected chi connectivity index (χ3v) is 4.28. The summed E-state index contributed by atoms with van der Waals surface area (Å²) in [5.74, 6) is 1.93. The maximum atomic E-state index is 5.69. The van der Waals surface area contributed by atoms with Gasteiger partial charge in [-0.2, -0.15) is 5.10 Å². The summed E-state index contributed by atoms with van der Waals surface area (Å²) in [6.07, 6.45) is 4.81. The highest BCUT2D eigenvalue weighted by Gasteiger charge is 2.14. The highest BCUT2D eigenvalue weighted by atomic mass is 16.4. The first kappa shape index (κ1) is 16.3. The van der Waals surface area contributed by atoms with Gasteiger partial charge < -0.3 is 14.2 Å². The maximum absolute atomic E-state index is 5.69. The monoisotopic (exact) mass is 349 g/mol. The third kappa shape index (κ3) is 3.29. The molecule has 3 heterocycles. The Morgan fingerprint density at radius 2 is 2.04 bits per heavy atom. The van der Waals surface area contributed by atoms with Gasteiger partial charge in [0.2, 0.25) is 0 Å². The van der Waals surface area contributed by atoms with Gasteiger partial charge in [0.1, 0.15) is 18.4 Å². The third-order valence-electron chi connectivity index (χ3n) is 4.28. The van der Waals surface area contributed by atoms with E-state index in [2.05, 4.69) is 39.4 Å². The van der Waals surface area contributed by atoms with Crippen molar-refractivity contribution in [2.24, 2.45) is 0 Å². The minimum atomic E-state index is 0.169. The molecule has 0 aliphatic heterocycles. The van der Waals surface area contributed by atoms with E-state index in [4.69, 9.17) is 8.83 Å². The van der Waals surface area contributed by atoms with Crippen LogP contribution >= 0.6 is 0 Å². The molecule has 1 atom stereocenters. The zero-order valence-electron chi connectivity index (χ0n) is 14.6. The largest absolute Gasteiger partial charge is 0.459 e. The molecule has 4 rings (SSSR count). The lowest BCUT2D eigenvalue weighted by Gasteiger charge is -2.14. The summed E-state index contributed by atoms with van der Waals surface area (Å²) in [6.45, 7) is 4.64. The molecule has 0 aliphatic carbocycles. The van der Waals surface area contributed by atoms with Crippen LogP contribution in [0.1, 0.15) is 30.0 Å². The average Bonchev–Trinajstić information content (AvgIpc) is 3.41. The molecule has 1 N–H and O–H groups in total. The van der Waals surface area contributed by atoms with Gasteiger partial charge in [-0.3, -0.25) is 0 Å². The number of furan rings is 1. The van der Waals surface area contributed by atoms with Crippen molar-refractivity contribution >= 4 is 0 Å². The van der Waals surface area contributed by atoms with Gasteiger partial charge in [0.05, 0.1) is 17.6 Å². The number of nitrogens with one attached hydrogen (secondary N) is 1. The predicted molar refractivity (Wildman–Crippen MR) is 95.6 cm³/mol. The number of aryl methyl sites for hydroxylation is 1. The fourth-order valence-electron chi connectivity index (χ4n) is 2.72. The number of nitrogens with zero attached hydrogens (tertiary/aromatic N) is 4. The quantitative estimate of drug-likeness (QED) is 0.572. The molecule has 0 aliphatic rings. The number of hydrogen-bond acceptors (Lipinski definition) is 6. The molecule has 0 radical (unpaired) electrons. The van der Waals surface area contributed by atoms with Gasteiger partial charge in [-0.1, -0.05) is 12.1 Å². The van der Waals surface area contributed by atoms with Crippen LogP contribution in [0.25, 0.3) is 17.3 Å². The lowest BCUT2D eigenvalue weighted by molar-refractivity contribution is 0.497. The molecule has 4 aromatic rings. The first-order valence-corrected chi connectivity index (χ1v) is 8.39. The number of rotatable bonds is 6. The summed E-state index contributed by atoms with van der Waals surface area (Å²) in [5.41, 5.74) is 3.04. The van der Waals surface area contributed by atoms with Crippen LogP contribution in [0, 0.1) is 6.92 Å². The molecule has 0 saturated heterocycles. The zero-order chi connectivity index (χ0) is 17.9. The van der Waals surface area contributed by atoms with Gasteiger partial charge in [-0.25, -0.2) is 14.6 Å². The van der Waals surface area contributed by atoms with Gasteiger partial charge in [-0.15, -0.1) is 0 Å². The molecular formula is C19H19N5O2. The zero-order valence-corrected chi connectivity index (χ0v) is 14.6. The Labute approximate surface area is 150 Å².